The Morgan fingerprint density at radius 2 is 1.90 bits per heavy atom. The maximum absolute atomic E-state index is 13.1. The van der Waals surface area contributed by atoms with Crippen molar-refractivity contribution >= 4 is 59.6 Å². The fourth-order valence-corrected chi connectivity index (χ4v) is 5.48. The summed E-state index contributed by atoms with van der Waals surface area (Å²) in [6, 6.07) is 6.49. The zero-order valence-corrected chi connectivity index (χ0v) is 17.9. The second-order valence-corrected chi connectivity index (χ2v) is 9.83. The molecule has 3 heterocycles. The number of carbonyl (C=O) groups excluding carboxylic acids is 1. The number of aromatic nitrogens is 3. The lowest BCUT2D eigenvalue weighted by molar-refractivity contribution is -0.140. The normalized spacial score (nSPS) is 12.3. The van der Waals surface area contributed by atoms with Crippen molar-refractivity contribution < 1.29 is 26.4 Å². The maximum Gasteiger partial charge on any atom is 0.435 e. The molecular weight excluding hydrogens is 475 g/mol. The maximum atomic E-state index is 13.1. The number of sulfonamides is 1. The molecule has 0 saturated carbocycles. The Morgan fingerprint density at radius 1 is 1.19 bits per heavy atom. The van der Waals surface area contributed by atoms with Crippen LogP contribution >= 0.6 is 22.7 Å². The van der Waals surface area contributed by atoms with E-state index < -0.39 is 27.8 Å². The molecule has 4 aromatic rings. The first kappa shape index (κ1) is 21.3. The first-order valence-corrected chi connectivity index (χ1v) is 11.6. The highest BCUT2D eigenvalue weighted by Gasteiger charge is 2.37. The van der Waals surface area contributed by atoms with Crippen LogP contribution in [0.1, 0.15) is 15.4 Å². The van der Waals surface area contributed by atoms with E-state index in [1.165, 1.54) is 37.5 Å². The highest BCUT2D eigenvalue weighted by atomic mass is 32.2. The number of fused-ring (bicyclic) bond motifs is 1. The summed E-state index contributed by atoms with van der Waals surface area (Å²) in [5.74, 6) is -0.620. The van der Waals surface area contributed by atoms with Gasteiger partial charge in [0.15, 0.2) is 10.8 Å². The average Bonchev–Trinajstić information content (AvgIpc) is 3.40. The van der Waals surface area contributed by atoms with Gasteiger partial charge in [-0.05, 0) is 30.3 Å². The van der Waals surface area contributed by atoms with Crippen LogP contribution in [0.25, 0.3) is 10.2 Å². The number of rotatable bonds is 5. The molecule has 0 spiro atoms. The Labute approximate surface area is 181 Å². The SMILES string of the molecule is Cn1nc(C(F)(F)F)c2cc(C(=O)Nc3ccc(S(=O)(=O)Nc4nccs4)cc3)sc21. The second kappa shape index (κ2) is 7.62. The molecule has 0 aliphatic heterocycles. The fraction of sp³-hybridized carbons (Fsp3) is 0.118. The highest BCUT2D eigenvalue weighted by molar-refractivity contribution is 7.93. The number of aryl methyl sites for hydroxylation is 1. The minimum atomic E-state index is -4.64. The van der Waals surface area contributed by atoms with E-state index in [9.17, 15) is 26.4 Å². The van der Waals surface area contributed by atoms with Gasteiger partial charge in [-0.2, -0.15) is 18.3 Å². The molecule has 4 rings (SSSR count). The van der Waals surface area contributed by atoms with E-state index in [1.807, 2.05) is 0 Å². The van der Waals surface area contributed by atoms with Gasteiger partial charge in [0.25, 0.3) is 15.9 Å². The quantitative estimate of drug-likeness (QED) is 0.440. The molecule has 0 radical (unpaired) electrons. The van der Waals surface area contributed by atoms with Gasteiger partial charge < -0.3 is 5.32 Å². The van der Waals surface area contributed by atoms with Crippen LogP contribution in [-0.4, -0.2) is 29.1 Å². The largest absolute Gasteiger partial charge is 0.435 e. The fourth-order valence-electron chi connectivity index (χ4n) is 2.72. The molecule has 162 valence electrons. The zero-order chi connectivity index (χ0) is 22.4. The van der Waals surface area contributed by atoms with Crippen LogP contribution in [0.15, 0.2) is 46.8 Å². The number of amides is 1. The van der Waals surface area contributed by atoms with E-state index in [4.69, 9.17) is 0 Å². The summed E-state index contributed by atoms with van der Waals surface area (Å²) in [5, 5.41) is 7.70. The number of hydrogen-bond acceptors (Lipinski definition) is 7. The Kier molecular flexibility index (Phi) is 5.23. The molecule has 31 heavy (non-hydrogen) atoms. The van der Waals surface area contributed by atoms with Crippen molar-refractivity contribution in [3.05, 3.63) is 52.5 Å². The van der Waals surface area contributed by atoms with Gasteiger partial charge in [0.05, 0.1) is 9.77 Å². The molecule has 0 atom stereocenters. The molecule has 8 nitrogen and oxygen atoms in total. The van der Waals surface area contributed by atoms with Gasteiger partial charge in [0.2, 0.25) is 0 Å². The minimum absolute atomic E-state index is 0.0385. The predicted molar refractivity (Wildman–Crippen MR) is 111 cm³/mol. The lowest BCUT2D eigenvalue weighted by Crippen LogP contribution is -2.13. The van der Waals surface area contributed by atoms with E-state index in [1.54, 1.807) is 5.38 Å². The lowest BCUT2D eigenvalue weighted by atomic mass is 10.2. The van der Waals surface area contributed by atoms with E-state index in [0.29, 0.717) is 0 Å². The van der Waals surface area contributed by atoms with Crippen LogP contribution in [0, 0.1) is 0 Å². The van der Waals surface area contributed by atoms with E-state index in [2.05, 4.69) is 20.1 Å². The molecule has 0 aliphatic carbocycles. The van der Waals surface area contributed by atoms with Gasteiger partial charge in [-0.3, -0.25) is 14.2 Å². The van der Waals surface area contributed by atoms with Gasteiger partial charge in [-0.1, -0.05) is 0 Å². The molecule has 2 N–H and O–H groups in total. The van der Waals surface area contributed by atoms with Gasteiger partial charge >= 0.3 is 6.18 Å². The number of nitrogens with zero attached hydrogens (tertiary/aromatic N) is 3. The summed E-state index contributed by atoms with van der Waals surface area (Å²) in [4.78, 5) is 16.6. The van der Waals surface area contributed by atoms with Crippen LogP contribution < -0.4 is 10.0 Å². The van der Waals surface area contributed by atoms with Crippen molar-refractivity contribution in [3.8, 4) is 0 Å². The number of benzene rings is 1. The Morgan fingerprint density at radius 3 is 2.52 bits per heavy atom. The van der Waals surface area contributed by atoms with Crippen molar-refractivity contribution in [2.75, 3.05) is 10.0 Å². The monoisotopic (exact) mass is 487 g/mol. The average molecular weight is 488 g/mol. The summed E-state index contributed by atoms with van der Waals surface area (Å²) in [5.41, 5.74) is -0.771. The number of alkyl halides is 3. The third kappa shape index (κ3) is 4.26. The van der Waals surface area contributed by atoms with Crippen LogP contribution in [0.2, 0.25) is 0 Å². The zero-order valence-electron chi connectivity index (χ0n) is 15.5. The number of anilines is 2. The van der Waals surface area contributed by atoms with Crippen molar-refractivity contribution in [2.45, 2.75) is 11.1 Å². The van der Waals surface area contributed by atoms with E-state index >= 15 is 0 Å². The topological polar surface area (TPSA) is 106 Å². The van der Waals surface area contributed by atoms with Gasteiger partial charge in [-0.15, -0.1) is 22.7 Å². The number of thiophene rings is 1. The van der Waals surface area contributed by atoms with Gasteiger partial charge in [0, 0.05) is 29.7 Å². The molecule has 3 aromatic heterocycles. The third-order valence-corrected chi connectivity index (χ3v) is 7.45. The smallest absolute Gasteiger partial charge is 0.321 e. The number of nitrogens with one attached hydrogen (secondary N) is 2. The van der Waals surface area contributed by atoms with Crippen LogP contribution in [0.4, 0.5) is 24.0 Å². The number of carbonyl (C=O) groups is 1. The molecule has 0 aliphatic rings. The van der Waals surface area contributed by atoms with Gasteiger partial charge in [0.1, 0.15) is 4.83 Å². The van der Waals surface area contributed by atoms with E-state index in [0.717, 1.165) is 33.4 Å². The third-order valence-electron chi connectivity index (χ3n) is 4.08. The summed E-state index contributed by atoms with van der Waals surface area (Å²) in [7, 11) is -2.47. The molecule has 1 amide bonds. The van der Waals surface area contributed by atoms with Crippen molar-refractivity contribution in [2.24, 2.45) is 7.05 Å². The van der Waals surface area contributed by atoms with Crippen molar-refractivity contribution in [3.63, 3.8) is 0 Å². The molecule has 14 heteroatoms. The highest BCUT2D eigenvalue weighted by Crippen LogP contribution is 2.37. The van der Waals surface area contributed by atoms with Gasteiger partial charge in [-0.25, -0.2) is 13.4 Å². The van der Waals surface area contributed by atoms with Crippen molar-refractivity contribution in [1.29, 1.82) is 0 Å². The number of hydrogen-bond donors (Lipinski definition) is 2. The number of halogens is 3. The van der Waals surface area contributed by atoms with Crippen molar-refractivity contribution in [1.82, 2.24) is 14.8 Å². The Bertz CT molecular complexity index is 1360. The minimum Gasteiger partial charge on any atom is -0.321 e. The Hall–Kier alpha value is -2.97. The first-order valence-electron chi connectivity index (χ1n) is 8.42. The summed E-state index contributed by atoms with van der Waals surface area (Å²) < 4.78 is 67.4. The lowest BCUT2D eigenvalue weighted by Gasteiger charge is -2.07. The molecule has 0 fully saturated rings. The summed E-state index contributed by atoms with van der Waals surface area (Å²) in [6.45, 7) is 0. The van der Waals surface area contributed by atoms with Crippen LogP contribution in [0.5, 0.6) is 0 Å². The summed E-state index contributed by atoms with van der Waals surface area (Å²) >= 11 is 2.00. The molecule has 0 saturated heterocycles. The van der Waals surface area contributed by atoms with E-state index in [-0.39, 0.29) is 30.8 Å². The van der Waals surface area contributed by atoms with Crippen LogP contribution in [0.3, 0.4) is 0 Å². The predicted octanol–water partition coefficient (Wildman–Crippen LogP) is 4.16. The second-order valence-electron chi connectivity index (χ2n) is 6.22. The van der Waals surface area contributed by atoms with Crippen LogP contribution in [-0.2, 0) is 23.2 Å². The standard InChI is InChI=1S/C17H12F3N5O3S3/c1-25-15-11(13(23-25)17(18,19)20)8-12(30-15)14(26)22-9-2-4-10(5-3-9)31(27,28)24-16-21-6-7-29-16/h2-8H,1H3,(H,21,24)(H,22,26). The Balaban J connectivity index is 1.53. The molecule has 1 aromatic carbocycles. The number of thiazole rings is 1. The molecule has 0 bridgehead atoms. The molecular formula is C17H12F3N5O3S3. The first-order chi connectivity index (χ1) is 14.5. The summed E-state index contributed by atoms with van der Waals surface area (Å²) in [6.07, 6.45) is -3.18. The molecule has 0 unspecified atom stereocenters.